The zero-order chi connectivity index (χ0) is 17.2. The normalized spacial score (nSPS) is 24.9. The van der Waals surface area contributed by atoms with Crippen LogP contribution in [0.15, 0.2) is 58.0 Å². The summed E-state index contributed by atoms with van der Waals surface area (Å²) in [7, 11) is 1.83. The number of para-hydroxylation sites is 1. The number of nitrogens with zero attached hydrogens (tertiary/aromatic N) is 1. The van der Waals surface area contributed by atoms with E-state index >= 15 is 0 Å². The molecule has 1 aliphatic heterocycles. The molecule has 2 aromatic rings. The minimum absolute atomic E-state index is 0.237. The van der Waals surface area contributed by atoms with Crippen LogP contribution in [0.5, 0.6) is 5.75 Å². The van der Waals surface area contributed by atoms with E-state index < -0.39 is 0 Å². The molecule has 0 spiro atoms. The number of rotatable bonds is 3. The zero-order valence-corrected chi connectivity index (χ0v) is 15.8. The van der Waals surface area contributed by atoms with E-state index in [1.54, 1.807) is 0 Å². The van der Waals surface area contributed by atoms with Gasteiger partial charge in [0.2, 0.25) is 0 Å². The lowest BCUT2D eigenvalue weighted by Crippen LogP contribution is -2.42. The van der Waals surface area contributed by atoms with Gasteiger partial charge in [-0.1, -0.05) is 46.3 Å². The highest BCUT2D eigenvalue weighted by Gasteiger charge is 2.39. The van der Waals surface area contributed by atoms with Gasteiger partial charge < -0.3 is 15.4 Å². The number of hydrogen-bond donors (Lipinski definition) is 2. The van der Waals surface area contributed by atoms with E-state index in [-0.39, 0.29) is 6.04 Å². The monoisotopic (exact) mass is 399 g/mol. The fourth-order valence-corrected chi connectivity index (χ4v) is 3.70. The predicted octanol–water partition coefficient (Wildman–Crippen LogP) is 3.99. The Hall–Kier alpha value is -2.01. The van der Waals surface area contributed by atoms with Crippen molar-refractivity contribution in [3.05, 3.63) is 64.1 Å². The summed E-state index contributed by atoms with van der Waals surface area (Å²) in [6, 6.07) is 17.5. The molecular formula is C20H22BrN3O. The number of benzene rings is 2. The summed E-state index contributed by atoms with van der Waals surface area (Å²) in [6.07, 6.45) is 2.09. The molecule has 1 fully saturated rings. The van der Waals surface area contributed by atoms with Crippen molar-refractivity contribution in [1.29, 1.82) is 0 Å². The third kappa shape index (κ3) is 3.66. The van der Waals surface area contributed by atoms with E-state index in [2.05, 4.69) is 68.0 Å². The Morgan fingerprint density at radius 3 is 2.72 bits per heavy atom. The summed E-state index contributed by atoms with van der Waals surface area (Å²) < 4.78 is 6.87. The first-order valence-electron chi connectivity index (χ1n) is 8.71. The van der Waals surface area contributed by atoms with Crippen LogP contribution in [0, 0.1) is 0 Å². The van der Waals surface area contributed by atoms with Crippen molar-refractivity contribution in [3.8, 4) is 5.75 Å². The second-order valence-electron chi connectivity index (χ2n) is 6.59. The van der Waals surface area contributed by atoms with Crippen molar-refractivity contribution in [2.24, 2.45) is 4.99 Å². The van der Waals surface area contributed by atoms with Gasteiger partial charge in [-0.25, -0.2) is 0 Å². The Kier molecular flexibility index (Phi) is 4.66. The Labute approximate surface area is 156 Å². The molecule has 0 saturated heterocycles. The van der Waals surface area contributed by atoms with Crippen LogP contribution >= 0.6 is 15.9 Å². The lowest BCUT2D eigenvalue weighted by atomic mass is 10.0. The molecule has 0 radical (unpaired) electrons. The molecule has 1 heterocycles. The molecule has 25 heavy (non-hydrogen) atoms. The fraction of sp³-hybridized carbons (Fsp3) is 0.350. The van der Waals surface area contributed by atoms with E-state index in [1.807, 2.05) is 19.2 Å². The fourth-order valence-electron chi connectivity index (χ4n) is 3.44. The number of aliphatic imine (C=N–C) groups is 1. The number of ether oxygens (including phenoxy) is 1. The minimum atomic E-state index is 0.237. The van der Waals surface area contributed by atoms with Crippen molar-refractivity contribution in [1.82, 2.24) is 10.6 Å². The number of hydrogen-bond acceptors (Lipinski definition) is 2. The van der Waals surface area contributed by atoms with Gasteiger partial charge in [0.05, 0.1) is 12.6 Å². The molecule has 3 atom stereocenters. The maximum Gasteiger partial charge on any atom is 0.191 e. The molecule has 5 heteroatoms. The van der Waals surface area contributed by atoms with Crippen molar-refractivity contribution < 1.29 is 4.74 Å². The van der Waals surface area contributed by atoms with Gasteiger partial charge in [-0.15, -0.1) is 0 Å². The number of halogens is 1. The van der Waals surface area contributed by atoms with Gasteiger partial charge in [-0.05, 0) is 30.2 Å². The summed E-state index contributed by atoms with van der Waals surface area (Å²) in [5.41, 5.74) is 2.59. The maximum atomic E-state index is 5.74. The first kappa shape index (κ1) is 16.5. The maximum absolute atomic E-state index is 5.74. The zero-order valence-electron chi connectivity index (χ0n) is 14.2. The summed E-state index contributed by atoms with van der Waals surface area (Å²) in [5.74, 6) is 2.40. The van der Waals surface area contributed by atoms with Gasteiger partial charge in [0.25, 0.3) is 0 Å². The second-order valence-corrected chi connectivity index (χ2v) is 7.50. The Morgan fingerprint density at radius 2 is 1.92 bits per heavy atom. The molecule has 0 amide bonds. The smallest absolute Gasteiger partial charge is 0.191 e. The van der Waals surface area contributed by atoms with Gasteiger partial charge in [-0.3, -0.25) is 4.99 Å². The van der Waals surface area contributed by atoms with Crippen molar-refractivity contribution in [2.75, 3.05) is 13.7 Å². The van der Waals surface area contributed by atoms with Crippen molar-refractivity contribution >= 4 is 21.9 Å². The van der Waals surface area contributed by atoms with Crippen LogP contribution in [0.4, 0.5) is 0 Å². The predicted molar refractivity (Wildman–Crippen MR) is 104 cm³/mol. The van der Waals surface area contributed by atoms with Gasteiger partial charge in [-0.2, -0.15) is 0 Å². The standard InChI is InChI=1S/C20H22BrN3O/c1-22-20(23-17-10-11-25-19-5-3-2-4-15(17)19)24-18-12-16(18)13-6-8-14(21)9-7-13/h2-9,16-18H,10-12H2,1H3,(H2,22,23,24). The van der Waals surface area contributed by atoms with Crippen LogP contribution < -0.4 is 15.4 Å². The van der Waals surface area contributed by atoms with Crippen LogP contribution in [-0.2, 0) is 0 Å². The Balaban J connectivity index is 1.39. The van der Waals surface area contributed by atoms with Gasteiger partial charge in [0.15, 0.2) is 5.96 Å². The molecule has 4 rings (SSSR count). The van der Waals surface area contributed by atoms with Gasteiger partial charge >= 0.3 is 0 Å². The summed E-state index contributed by atoms with van der Waals surface area (Å²) >= 11 is 3.50. The van der Waals surface area contributed by atoms with Gasteiger partial charge in [0.1, 0.15) is 5.75 Å². The molecule has 2 aromatic carbocycles. The molecule has 0 bridgehead atoms. The van der Waals surface area contributed by atoms with Crippen molar-refractivity contribution in [2.45, 2.75) is 30.8 Å². The third-order valence-electron chi connectivity index (χ3n) is 4.90. The highest BCUT2D eigenvalue weighted by atomic mass is 79.9. The first-order valence-corrected chi connectivity index (χ1v) is 9.51. The minimum Gasteiger partial charge on any atom is -0.493 e. The van der Waals surface area contributed by atoms with Crippen LogP contribution in [0.2, 0.25) is 0 Å². The molecule has 2 N–H and O–H groups in total. The van der Waals surface area contributed by atoms with Gasteiger partial charge in [0, 0.05) is 35.5 Å². The third-order valence-corrected chi connectivity index (χ3v) is 5.43. The lowest BCUT2D eigenvalue weighted by Gasteiger charge is -2.28. The quantitative estimate of drug-likeness (QED) is 0.605. The topological polar surface area (TPSA) is 45.7 Å². The average molecular weight is 400 g/mol. The largest absolute Gasteiger partial charge is 0.493 e. The summed E-state index contributed by atoms with van der Waals surface area (Å²) in [4.78, 5) is 4.42. The number of nitrogens with one attached hydrogen (secondary N) is 2. The molecule has 130 valence electrons. The SMILES string of the molecule is CN=C(NC1CCOc2ccccc21)NC1CC1c1ccc(Br)cc1. The molecule has 1 saturated carbocycles. The molecule has 3 unspecified atom stereocenters. The summed E-state index contributed by atoms with van der Waals surface area (Å²) in [6.45, 7) is 0.733. The van der Waals surface area contributed by atoms with E-state index in [4.69, 9.17) is 4.74 Å². The van der Waals surface area contributed by atoms with E-state index in [0.29, 0.717) is 12.0 Å². The van der Waals surface area contributed by atoms with Crippen LogP contribution in [0.25, 0.3) is 0 Å². The first-order chi connectivity index (χ1) is 12.2. The van der Waals surface area contributed by atoms with E-state index in [9.17, 15) is 0 Å². The highest BCUT2D eigenvalue weighted by Crippen LogP contribution is 2.41. The Bertz CT molecular complexity index is 775. The average Bonchev–Trinajstić information content (AvgIpc) is 3.41. The molecular weight excluding hydrogens is 378 g/mol. The highest BCUT2D eigenvalue weighted by molar-refractivity contribution is 9.10. The lowest BCUT2D eigenvalue weighted by molar-refractivity contribution is 0.261. The molecule has 0 aromatic heterocycles. The summed E-state index contributed by atoms with van der Waals surface area (Å²) in [5, 5.41) is 7.13. The van der Waals surface area contributed by atoms with E-state index in [1.165, 1.54) is 11.1 Å². The van der Waals surface area contributed by atoms with Crippen LogP contribution in [0.1, 0.15) is 35.9 Å². The number of guanidine groups is 1. The van der Waals surface area contributed by atoms with Crippen LogP contribution in [-0.4, -0.2) is 25.7 Å². The second kappa shape index (κ2) is 7.08. The van der Waals surface area contributed by atoms with Crippen molar-refractivity contribution in [3.63, 3.8) is 0 Å². The Morgan fingerprint density at radius 1 is 1.12 bits per heavy atom. The molecule has 1 aliphatic carbocycles. The van der Waals surface area contributed by atoms with E-state index in [0.717, 1.165) is 35.6 Å². The number of fused-ring (bicyclic) bond motifs is 1. The molecule has 4 nitrogen and oxygen atoms in total. The van der Waals surface area contributed by atoms with Crippen LogP contribution in [0.3, 0.4) is 0 Å². The molecule has 2 aliphatic rings.